The number of rotatable bonds is 5. The second-order valence-electron chi connectivity index (χ2n) is 4.78. The number of nitrogens with one attached hydrogen (secondary N) is 1. The second kappa shape index (κ2) is 7.19. The minimum atomic E-state index is -4.37. The molecule has 1 aliphatic heterocycles. The molecule has 0 saturated carbocycles. The van der Waals surface area contributed by atoms with Gasteiger partial charge in [-0.25, -0.2) is 0 Å². The second-order valence-corrected chi connectivity index (χ2v) is 5.25. The number of nitrogens with zero attached hydrogens (tertiary/aromatic N) is 2. The lowest BCUT2D eigenvalue weighted by atomic mass is 10.2. The summed E-state index contributed by atoms with van der Waals surface area (Å²) in [7, 11) is 0. The SMILES string of the molecule is CC(C(N)=S)N1CCN(CC(=O)NCC(F)(F)F)CC1. The Morgan fingerprint density at radius 2 is 1.90 bits per heavy atom. The molecule has 1 aliphatic rings. The highest BCUT2D eigenvalue weighted by atomic mass is 32.1. The Bertz CT molecular complexity index is 356. The van der Waals surface area contributed by atoms with Gasteiger partial charge in [0, 0.05) is 26.2 Å². The third-order valence-corrected chi connectivity index (χ3v) is 3.56. The van der Waals surface area contributed by atoms with Crippen LogP contribution in [0.5, 0.6) is 0 Å². The monoisotopic (exact) mass is 312 g/mol. The van der Waals surface area contributed by atoms with Crippen LogP contribution in [0.2, 0.25) is 0 Å². The number of alkyl halides is 3. The summed E-state index contributed by atoms with van der Waals surface area (Å²) in [6.07, 6.45) is -4.37. The van der Waals surface area contributed by atoms with Crippen LogP contribution in [-0.2, 0) is 4.79 Å². The third-order valence-electron chi connectivity index (χ3n) is 3.22. The van der Waals surface area contributed by atoms with E-state index < -0.39 is 18.6 Å². The lowest BCUT2D eigenvalue weighted by molar-refractivity contribution is -0.139. The largest absolute Gasteiger partial charge is 0.405 e. The molecular formula is C11H19F3N4OS. The molecule has 1 heterocycles. The zero-order chi connectivity index (χ0) is 15.3. The summed E-state index contributed by atoms with van der Waals surface area (Å²) < 4.78 is 35.9. The van der Waals surface area contributed by atoms with Crippen molar-refractivity contribution in [2.24, 2.45) is 5.73 Å². The van der Waals surface area contributed by atoms with Crippen LogP contribution in [0.15, 0.2) is 0 Å². The van der Waals surface area contributed by atoms with Gasteiger partial charge in [-0.3, -0.25) is 14.6 Å². The van der Waals surface area contributed by atoms with Crippen LogP contribution in [0.4, 0.5) is 13.2 Å². The highest BCUT2D eigenvalue weighted by Crippen LogP contribution is 2.12. The Hall–Kier alpha value is -0.930. The van der Waals surface area contributed by atoms with Gasteiger partial charge in [0.1, 0.15) is 6.54 Å². The lowest BCUT2D eigenvalue weighted by Crippen LogP contribution is -2.54. The number of nitrogens with two attached hydrogens (primary N) is 1. The lowest BCUT2D eigenvalue weighted by Gasteiger charge is -2.37. The minimum absolute atomic E-state index is 0.00814. The number of thiocarbonyl (C=S) groups is 1. The quantitative estimate of drug-likeness (QED) is 0.698. The molecule has 0 spiro atoms. The molecule has 5 nitrogen and oxygen atoms in total. The van der Waals surface area contributed by atoms with Gasteiger partial charge in [-0.15, -0.1) is 0 Å². The van der Waals surface area contributed by atoms with Crippen molar-refractivity contribution < 1.29 is 18.0 Å². The van der Waals surface area contributed by atoms with Crippen LogP contribution >= 0.6 is 12.2 Å². The van der Waals surface area contributed by atoms with Crippen LogP contribution in [0.3, 0.4) is 0 Å². The van der Waals surface area contributed by atoms with E-state index in [-0.39, 0.29) is 12.6 Å². The number of hydrogen-bond donors (Lipinski definition) is 2. The molecule has 0 aliphatic carbocycles. The Morgan fingerprint density at radius 1 is 1.35 bits per heavy atom. The molecule has 3 N–H and O–H groups in total. The van der Waals surface area contributed by atoms with Gasteiger partial charge in [0.25, 0.3) is 0 Å². The van der Waals surface area contributed by atoms with Gasteiger partial charge in [-0.05, 0) is 6.92 Å². The Morgan fingerprint density at radius 3 is 2.35 bits per heavy atom. The van der Waals surface area contributed by atoms with Gasteiger partial charge in [0.15, 0.2) is 0 Å². The van der Waals surface area contributed by atoms with Crippen LogP contribution in [0.1, 0.15) is 6.92 Å². The smallest absolute Gasteiger partial charge is 0.392 e. The molecule has 1 unspecified atom stereocenters. The predicted octanol–water partition coefficient (Wildman–Crippen LogP) is -0.0429. The van der Waals surface area contributed by atoms with E-state index in [1.54, 1.807) is 0 Å². The summed E-state index contributed by atoms with van der Waals surface area (Å²) in [5.41, 5.74) is 5.57. The van der Waals surface area contributed by atoms with Crippen molar-refractivity contribution >= 4 is 23.1 Å². The molecule has 0 radical (unpaired) electrons. The molecule has 9 heteroatoms. The average molecular weight is 312 g/mol. The van der Waals surface area contributed by atoms with Crippen molar-refractivity contribution in [1.82, 2.24) is 15.1 Å². The van der Waals surface area contributed by atoms with Gasteiger partial charge in [-0.2, -0.15) is 13.2 Å². The standard InChI is InChI=1S/C11H19F3N4OS/c1-8(10(15)20)18-4-2-17(3-5-18)6-9(19)16-7-11(12,13)14/h8H,2-7H2,1H3,(H2,15,20)(H,16,19). The van der Waals surface area contributed by atoms with Gasteiger partial charge in [-0.1, -0.05) is 12.2 Å². The molecule has 1 atom stereocenters. The summed E-state index contributed by atoms with van der Waals surface area (Å²) in [4.78, 5) is 15.7. The molecule has 1 saturated heterocycles. The Labute approximate surface area is 121 Å². The van der Waals surface area contributed by atoms with Crippen molar-refractivity contribution in [2.75, 3.05) is 39.3 Å². The molecular weight excluding hydrogens is 293 g/mol. The molecule has 0 aromatic heterocycles. The molecule has 1 amide bonds. The summed E-state index contributed by atoms with van der Waals surface area (Å²) in [5.74, 6) is -0.613. The fraction of sp³-hybridized carbons (Fsp3) is 0.818. The first-order valence-corrected chi connectivity index (χ1v) is 6.69. The molecule has 1 fully saturated rings. The average Bonchev–Trinajstić information content (AvgIpc) is 2.35. The van der Waals surface area contributed by atoms with E-state index in [1.165, 1.54) is 0 Å². The summed E-state index contributed by atoms with van der Waals surface area (Å²) in [6.45, 7) is 3.18. The van der Waals surface area contributed by atoms with E-state index in [9.17, 15) is 18.0 Å². The molecule has 20 heavy (non-hydrogen) atoms. The van der Waals surface area contributed by atoms with Crippen molar-refractivity contribution in [1.29, 1.82) is 0 Å². The first kappa shape index (κ1) is 17.1. The van der Waals surface area contributed by atoms with Crippen LogP contribution < -0.4 is 11.1 Å². The maximum absolute atomic E-state index is 12.0. The number of carbonyl (C=O) groups excluding carboxylic acids is 1. The molecule has 116 valence electrons. The fourth-order valence-corrected chi connectivity index (χ4v) is 2.10. The third kappa shape index (κ3) is 6.02. The fourth-order valence-electron chi connectivity index (χ4n) is 1.95. The highest BCUT2D eigenvalue weighted by Gasteiger charge is 2.28. The summed E-state index contributed by atoms with van der Waals surface area (Å²) in [6, 6.07) is -0.00814. The molecule has 0 bridgehead atoms. The van der Waals surface area contributed by atoms with Crippen molar-refractivity contribution in [3.8, 4) is 0 Å². The number of piperazine rings is 1. The topological polar surface area (TPSA) is 61.6 Å². The van der Waals surface area contributed by atoms with E-state index >= 15 is 0 Å². The number of halogens is 3. The first-order chi connectivity index (χ1) is 9.19. The number of carbonyl (C=O) groups is 1. The Kier molecular flexibility index (Phi) is 6.15. The van der Waals surface area contributed by atoms with E-state index in [0.29, 0.717) is 31.2 Å². The van der Waals surface area contributed by atoms with Gasteiger partial charge in [0.05, 0.1) is 17.6 Å². The van der Waals surface area contributed by atoms with Crippen LogP contribution in [0.25, 0.3) is 0 Å². The maximum atomic E-state index is 12.0. The van der Waals surface area contributed by atoms with Crippen molar-refractivity contribution in [3.05, 3.63) is 0 Å². The molecule has 0 aromatic rings. The molecule has 0 aromatic carbocycles. The first-order valence-electron chi connectivity index (χ1n) is 6.28. The van der Waals surface area contributed by atoms with Crippen molar-refractivity contribution in [2.45, 2.75) is 19.1 Å². The van der Waals surface area contributed by atoms with Gasteiger partial charge in [0.2, 0.25) is 5.91 Å². The Balaban J connectivity index is 2.28. The summed E-state index contributed by atoms with van der Waals surface area (Å²) >= 11 is 4.92. The molecule has 1 rings (SSSR count). The number of hydrogen-bond acceptors (Lipinski definition) is 4. The zero-order valence-electron chi connectivity index (χ0n) is 11.2. The van der Waals surface area contributed by atoms with E-state index in [1.807, 2.05) is 17.1 Å². The maximum Gasteiger partial charge on any atom is 0.405 e. The van der Waals surface area contributed by atoms with E-state index in [0.717, 1.165) is 0 Å². The van der Waals surface area contributed by atoms with Crippen LogP contribution in [0, 0.1) is 0 Å². The predicted molar refractivity (Wildman–Crippen MR) is 73.3 cm³/mol. The van der Waals surface area contributed by atoms with Crippen molar-refractivity contribution in [3.63, 3.8) is 0 Å². The van der Waals surface area contributed by atoms with Gasteiger partial charge >= 0.3 is 6.18 Å². The zero-order valence-corrected chi connectivity index (χ0v) is 12.1. The summed E-state index contributed by atoms with van der Waals surface area (Å²) in [5, 5.41) is 1.86. The van der Waals surface area contributed by atoms with E-state index in [2.05, 4.69) is 4.90 Å². The number of amides is 1. The van der Waals surface area contributed by atoms with Crippen LogP contribution in [-0.4, -0.2) is 72.2 Å². The van der Waals surface area contributed by atoms with Gasteiger partial charge < -0.3 is 11.1 Å². The van der Waals surface area contributed by atoms with E-state index in [4.69, 9.17) is 18.0 Å². The minimum Gasteiger partial charge on any atom is -0.392 e. The highest BCUT2D eigenvalue weighted by molar-refractivity contribution is 7.80. The normalized spacial score (nSPS) is 19.6.